The Morgan fingerprint density at radius 3 is 1.41 bits per heavy atom. The quantitative estimate of drug-likeness (QED) is 0.132. The van der Waals surface area contributed by atoms with Gasteiger partial charge in [-0.05, 0) is 80.3 Å². The summed E-state index contributed by atoms with van der Waals surface area (Å²) in [4.78, 5) is 23.3. The summed E-state index contributed by atoms with van der Waals surface area (Å²) in [6.45, 7) is 0. The predicted octanol–water partition coefficient (Wildman–Crippen LogP) is 7.13. The fourth-order valence-corrected chi connectivity index (χ4v) is 9.77. The normalized spacial score (nSPS) is 13.6. The lowest BCUT2D eigenvalue weighted by atomic mass is 9.97. The van der Waals surface area contributed by atoms with E-state index >= 15 is 0 Å². The summed E-state index contributed by atoms with van der Waals surface area (Å²) in [5.74, 6) is -0.0621. The molecule has 190 valence electrons. The summed E-state index contributed by atoms with van der Waals surface area (Å²) in [6.07, 6.45) is 15.7. The van der Waals surface area contributed by atoms with Crippen molar-refractivity contribution in [3.63, 3.8) is 0 Å². The Bertz CT molecular complexity index is 1100. The number of unbranched alkanes of at least 4 members (excludes halogenated alkanes) is 7. The highest BCUT2D eigenvalue weighted by Crippen LogP contribution is 2.56. The van der Waals surface area contributed by atoms with Gasteiger partial charge in [0.1, 0.15) is 23.2 Å². The number of benzene rings is 3. The molecule has 3 aromatic carbocycles. The second-order valence-electron chi connectivity index (χ2n) is 9.89. The molecule has 0 aromatic heterocycles. The summed E-state index contributed by atoms with van der Waals surface area (Å²) in [5.41, 5.74) is 0.676. The molecule has 0 N–H and O–H groups in total. The molecular formula is C34H38O2P+. The van der Waals surface area contributed by atoms with E-state index in [9.17, 15) is 9.59 Å². The number of carbonyl (C=O) groups is 2. The van der Waals surface area contributed by atoms with Crippen LogP contribution in [0.3, 0.4) is 0 Å². The Morgan fingerprint density at radius 1 is 0.486 bits per heavy atom. The van der Waals surface area contributed by atoms with Crippen molar-refractivity contribution in [2.24, 2.45) is 0 Å². The molecule has 0 radical (unpaired) electrons. The molecule has 3 aromatic rings. The van der Waals surface area contributed by atoms with Gasteiger partial charge in [0.2, 0.25) is 0 Å². The van der Waals surface area contributed by atoms with Crippen molar-refractivity contribution in [1.82, 2.24) is 0 Å². The molecule has 0 bridgehead atoms. The van der Waals surface area contributed by atoms with Crippen LogP contribution >= 0.6 is 7.26 Å². The van der Waals surface area contributed by atoms with Crippen LogP contribution in [-0.2, 0) is 9.59 Å². The van der Waals surface area contributed by atoms with Gasteiger partial charge in [0.15, 0.2) is 11.6 Å². The number of hydrogen-bond donors (Lipinski definition) is 0. The van der Waals surface area contributed by atoms with Crippen LogP contribution in [0.4, 0.5) is 0 Å². The minimum absolute atomic E-state index is 0.0000224. The largest absolute Gasteiger partial charge is 0.290 e. The van der Waals surface area contributed by atoms with Crippen LogP contribution < -0.4 is 15.9 Å². The zero-order chi connectivity index (χ0) is 25.8. The number of carbonyl (C=O) groups excluding carboxylic acids is 2. The van der Waals surface area contributed by atoms with Gasteiger partial charge in [0.05, 0.1) is 6.16 Å². The van der Waals surface area contributed by atoms with Crippen molar-refractivity contribution < 1.29 is 9.59 Å². The number of allylic oxidation sites excluding steroid dienone is 4. The van der Waals surface area contributed by atoms with Gasteiger partial charge in [-0.25, -0.2) is 0 Å². The summed E-state index contributed by atoms with van der Waals surface area (Å²) in [6, 6.07) is 33.5. The van der Waals surface area contributed by atoms with E-state index in [1.165, 1.54) is 78.8 Å². The molecule has 2 nitrogen and oxygen atoms in total. The van der Waals surface area contributed by atoms with E-state index in [-0.39, 0.29) is 11.6 Å². The SMILES string of the molecule is O=C1C=CC(=O)C(CCCCCCCCCC[P+](c2ccccc2)(c2ccccc2)c2ccccc2)=C1. The van der Waals surface area contributed by atoms with Crippen molar-refractivity contribution >= 4 is 34.7 Å². The van der Waals surface area contributed by atoms with Crippen molar-refractivity contribution in [2.75, 3.05) is 6.16 Å². The highest BCUT2D eigenvalue weighted by Gasteiger charge is 2.44. The zero-order valence-corrected chi connectivity index (χ0v) is 22.6. The minimum Gasteiger partial charge on any atom is -0.290 e. The lowest BCUT2D eigenvalue weighted by Gasteiger charge is -2.27. The zero-order valence-electron chi connectivity index (χ0n) is 21.7. The standard InChI is InChI=1S/C34H38O2P/c35-30-25-26-34(36)29(28-30)18-10-5-3-1-2-4-6-17-27-37(31-19-11-7-12-20-31,32-21-13-8-14-22-32)33-23-15-9-16-24-33/h7-9,11-16,19-26,28H,1-6,10,17-18,27H2/q+1. The molecule has 0 heterocycles. The predicted molar refractivity (Wildman–Crippen MR) is 159 cm³/mol. The van der Waals surface area contributed by atoms with Crippen molar-refractivity contribution in [3.05, 3.63) is 115 Å². The van der Waals surface area contributed by atoms with Crippen LogP contribution in [0, 0.1) is 0 Å². The van der Waals surface area contributed by atoms with Gasteiger partial charge in [-0.2, -0.15) is 0 Å². The van der Waals surface area contributed by atoms with E-state index in [1.54, 1.807) is 0 Å². The summed E-state index contributed by atoms with van der Waals surface area (Å²) in [7, 11) is -1.71. The van der Waals surface area contributed by atoms with E-state index in [2.05, 4.69) is 91.0 Å². The molecule has 0 saturated carbocycles. The molecular weight excluding hydrogens is 471 g/mol. The minimum atomic E-state index is -1.71. The maximum atomic E-state index is 11.8. The van der Waals surface area contributed by atoms with Crippen LogP contribution in [0.5, 0.6) is 0 Å². The fourth-order valence-electron chi connectivity index (χ4n) is 5.36. The van der Waals surface area contributed by atoms with Gasteiger partial charge in [-0.1, -0.05) is 86.7 Å². The van der Waals surface area contributed by atoms with Gasteiger partial charge in [-0.3, -0.25) is 9.59 Å². The van der Waals surface area contributed by atoms with Gasteiger partial charge in [0.25, 0.3) is 0 Å². The molecule has 1 aliphatic carbocycles. The van der Waals surface area contributed by atoms with Crippen LogP contribution in [0.2, 0.25) is 0 Å². The Labute approximate surface area is 222 Å². The molecule has 1 aliphatic rings. The van der Waals surface area contributed by atoms with E-state index in [4.69, 9.17) is 0 Å². The molecule has 4 rings (SSSR count). The third-order valence-corrected chi connectivity index (χ3v) is 11.8. The first-order valence-corrected chi connectivity index (χ1v) is 15.7. The van der Waals surface area contributed by atoms with E-state index in [0.29, 0.717) is 5.57 Å². The molecule has 3 heteroatoms. The first kappa shape index (κ1) is 27.0. The lowest BCUT2D eigenvalue weighted by Crippen LogP contribution is -2.33. The topological polar surface area (TPSA) is 34.1 Å². The Hall–Kier alpha value is -3.09. The van der Waals surface area contributed by atoms with Crippen LogP contribution in [0.1, 0.15) is 57.8 Å². The van der Waals surface area contributed by atoms with E-state index in [0.717, 1.165) is 19.3 Å². The third kappa shape index (κ3) is 7.24. The van der Waals surface area contributed by atoms with Gasteiger partial charge in [-0.15, -0.1) is 0 Å². The second-order valence-corrected chi connectivity index (χ2v) is 13.5. The molecule has 0 fully saturated rings. The average molecular weight is 510 g/mol. The van der Waals surface area contributed by atoms with Gasteiger partial charge >= 0.3 is 0 Å². The molecule has 0 spiro atoms. The first-order chi connectivity index (χ1) is 18.2. The van der Waals surface area contributed by atoms with Gasteiger partial charge in [0, 0.05) is 5.57 Å². The van der Waals surface area contributed by atoms with E-state index in [1.807, 2.05) is 0 Å². The summed E-state index contributed by atoms with van der Waals surface area (Å²) >= 11 is 0. The van der Waals surface area contributed by atoms with Crippen molar-refractivity contribution in [2.45, 2.75) is 57.8 Å². The first-order valence-electron chi connectivity index (χ1n) is 13.7. The van der Waals surface area contributed by atoms with Crippen LogP contribution in [-0.4, -0.2) is 17.7 Å². The van der Waals surface area contributed by atoms with E-state index < -0.39 is 7.26 Å². The third-order valence-electron chi connectivity index (χ3n) is 7.31. The smallest absolute Gasteiger partial charge is 0.182 e. The van der Waals surface area contributed by atoms with Crippen LogP contribution in [0.25, 0.3) is 0 Å². The number of ketones is 2. The molecule has 0 atom stereocenters. The molecule has 0 aliphatic heterocycles. The fraction of sp³-hybridized carbons (Fsp3) is 0.294. The average Bonchev–Trinajstić information content (AvgIpc) is 2.95. The second kappa shape index (κ2) is 14.0. The highest BCUT2D eigenvalue weighted by molar-refractivity contribution is 7.95. The molecule has 37 heavy (non-hydrogen) atoms. The molecule has 0 unspecified atom stereocenters. The monoisotopic (exact) mass is 509 g/mol. The van der Waals surface area contributed by atoms with Crippen LogP contribution in [0.15, 0.2) is 115 Å². The molecule has 0 saturated heterocycles. The Balaban J connectivity index is 1.28. The van der Waals surface area contributed by atoms with Gasteiger partial charge < -0.3 is 0 Å². The lowest BCUT2D eigenvalue weighted by molar-refractivity contribution is -0.114. The highest BCUT2D eigenvalue weighted by atomic mass is 31.2. The maximum Gasteiger partial charge on any atom is 0.182 e. The van der Waals surface area contributed by atoms with Crippen molar-refractivity contribution in [1.29, 1.82) is 0 Å². The maximum absolute atomic E-state index is 11.8. The molecule has 0 amide bonds. The Morgan fingerprint density at radius 2 is 0.919 bits per heavy atom. The summed E-state index contributed by atoms with van der Waals surface area (Å²) in [5, 5.41) is 4.41. The number of hydrogen-bond acceptors (Lipinski definition) is 2. The Kier molecular flexibility index (Phi) is 10.2. The van der Waals surface area contributed by atoms with Crippen molar-refractivity contribution in [3.8, 4) is 0 Å². The summed E-state index contributed by atoms with van der Waals surface area (Å²) < 4.78 is 0. The number of rotatable bonds is 14.